The smallest absolute Gasteiger partial charge is 0.271 e. The number of para-hydroxylation sites is 2. The first-order valence-corrected chi connectivity index (χ1v) is 7.65. The Bertz CT molecular complexity index is 865. The standard InChI is InChI=1S/C17H16N4O4/c1-10-6-7-11(21(24)25)8-14(10)19-16(22)9-15-17(23)20-13-5-3-2-4-12(13)18-15/h2-8,15,18H,9H2,1H3,(H,19,22)(H,20,23). The Labute approximate surface area is 143 Å². The van der Waals surface area contributed by atoms with Gasteiger partial charge in [0.1, 0.15) is 6.04 Å². The Morgan fingerprint density at radius 3 is 2.68 bits per heavy atom. The third-order valence-electron chi connectivity index (χ3n) is 3.93. The van der Waals surface area contributed by atoms with Gasteiger partial charge in [0.2, 0.25) is 11.8 Å². The van der Waals surface area contributed by atoms with Gasteiger partial charge in [-0.1, -0.05) is 18.2 Å². The lowest BCUT2D eigenvalue weighted by atomic mass is 10.1. The number of nitrogens with one attached hydrogen (secondary N) is 3. The van der Waals surface area contributed by atoms with Crippen LogP contribution in [-0.4, -0.2) is 22.8 Å². The van der Waals surface area contributed by atoms with Crippen molar-refractivity contribution < 1.29 is 14.5 Å². The molecule has 2 amide bonds. The fourth-order valence-corrected chi connectivity index (χ4v) is 2.58. The summed E-state index contributed by atoms with van der Waals surface area (Å²) in [4.78, 5) is 34.7. The summed E-state index contributed by atoms with van der Waals surface area (Å²) in [5.74, 6) is -0.708. The summed E-state index contributed by atoms with van der Waals surface area (Å²) in [6, 6.07) is 10.7. The van der Waals surface area contributed by atoms with Crippen LogP contribution >= 0.6 is 0 Å². The summed E-state index contributed by atoms with van der Waals surface area (Å²) < 4.78 is 0. The monoisotopic (exact) mass is 340 g/mol. The van der Waals surface area contributed by atoms with Gasteiger partial charge in [0.05, 0.1) is 28.4 Å². The molecule has 1 heterocycles. The Balaban J connectivity index is 1.70. The topological polar surface area (TPSA) is 113 Å². The van der Waals surface area contributed by atoms with E-state index in [0.29, 0.717) is 16.9 Å². The molecule has 2 aromatic carbocycles. The zero-order valence-corrected chi connectivity index (χ0v) is 13.4. The molecule has 8 heteroatoms. The summed E-state index contributed by atoms with van der Waals surface area (Å²) in [6.07, 6.45) is -0.0949. The average Bonchev–Trinajstić information content (AvgIpc) is 2.57. The first kappa shape index (κ1) is 16.4. The second-order valence-electron chi connectivity index (χ2n) is 5.74. The number of aryl methyl sites for hydroxylation is 1. The van der Waals surface area contributed by atoms with Crippen LogP contribution in [-0.2, 0) is 9.59 Å². The number of hydrogen-bond acceptors (Lipinski definition) is 5. The fourth-order valence-electron chi connectivity index (χ4n) is 2.58. The van der Waals surface area contributed by atoms with Crippen molar-refractivity contribution in [3.05, 3.63) is 58.1 Å². The summed E-state index contributed by atoms with van der Waals surface area (Å²) in [5, 5.41) is 19.3. The molecule has 0 aliphatic carbocycles. The minimum Gasteiger partial charge on any atom is -0.372 e. The number of nitro groups is 1. The SMILES string of the molecule is Cc1ccc([N+](=O)[O-])cc1NC(=O)CC1Nc2ccccc2NC1=O. The highest BCUT2D eigenvalue weighted by atomic mass is 16.6. The molecule has 1 atom stereocenters. The van der Waals surface area contributed by atoms with Gasteiger partial charge in [-0.3, -0.25) is 19.7 Å². The van der Waals surface area contributed by atoms with Gasteiger partial charge in [0.15, 0.2) is 0 Å². The first-order chi connectivity index (χ1) is 11.9. The quantitative estimate of drug-likeness (QED) is 0.585. The molecule has 128 valence electrons. The van der Waals surface area contributed by atoms with E-state index in [1.54, 1.807) is 25.1 Å². The molecular formula is C17H16N4O4. The lowest BCUT2D eigenvalue weighted by Crippen LogP contribution is -2.41. The molecule has 0 bridgehead atoms. The number of nitro benzene ring substituents is 1. The zero-order chi connectivity index (χ0) is 18.0. The molecule has 2 aromatic rings. The van der Waals surface area contributed by atoms with E-state index in [0.717, 1.165) is 5.69 Å². The number of non-ortho nitro benzene ring substituents is 1. The molecule has 1 aliphatic rings. The molecule has 0 radical (unpaired) electrons. The Morgan fingerprint density at radius 2 is 1.96 bits per heavy atom. The molecule has 25 heavy (non-hydrogen) atoms. The van der Waals surface area contributed by atoms with Crippen molar-refractivity contribution in [3.63, 3.8) is 0 Å². The van der Waals surface area contributed by atoms with E-state index in [1.165, 1.54) is 12.1 Å². The molecule has 1 unspecified atom stereocenters. The van der Waals surface area contributed by atoms with Crippen LogP contribution in [0.15, 0.2) is 42.5 Å². The lowest BCUT2D eigenvalue weighted by Gasteiger charge is -2.26. The van der Waals surface area contributed by atoms with Gasteiger partial charge < -0.3 is 16.0 Å². The number of anilines is 3. The van der Waals surface area contributed by atoms with Crippen molar-refractivity contribution in [2.45, 2.75) is 19.4 Å². The number of nitrogens with zero attached hydrogens (tertiary/aromatic N) is 1. The van der Waals surface area contributed by atoms with Gasteiger partial charge in [-0.05, 0) is 24.6 Å². The van der Waals surface area contributed by atoms with Crippen LogP contribution in [0.4, 0.5) is 22.7 Å². The first-order valence-electron chi connectivity index (χ1n) is 7.65. The highest BCUT2D eigenvalue weighted by molar-refractivity contribution is 6.06. The Morgan fingerprint density at radius 1 is 1.24 bits per heavy atom. The molecule has 0 aromatic heterocycles. The normalized spacial score (nSPS) is 15.6. The van der Waals surface area contributed by atoms with Crippen LogP contribution in [0.2, 0.25) is 0 Å². The molecule has 0 saturated heterocycles. The number of hydrogen-bond donors (Lipinski definition) is 3. The maximum absolute atomic E-state index is 12.3. The van der Waals surface area contributed by atoms with Crippen molar-refractivity contribution in [2.24, 2.45) is 0 Å². The van der Waals surface area contributed by atoms with Gasteiger partial charge >= 0.3 is 0 Å². The predicted molar refractivity (Wildman–Crippen MR) is 93.6 cm³/mol. The number of rotatable bonds is 4. The molecule has 8 nitrogen and oxygen atoms in total. The molecule has 0 fully saturated rings. The predicted octanol–water partition coefficient (Wildman–Crippen LogP) is 2.66. The van der Waals surface area contributed by atoms with Crippen LogP contribution < -0.4 is 16.0 Å². The third-order valence-corrected chi connectivity index (χ3v) is 3.93. The van der Waals surface area contributed by atoms with Gasteiger partial charge in [-0.15, -0.1) is 0 Å². The Kier molecular flexibility index (Phi) is 4.34. The van der Waals surface area contributed by atoms with Crippen molar-refractivity contribution >= 4 is 34.6 Å². The third kappa shape index (κ3) is 3.57. The largest absolute Gasteiger partial charge is 0.372 e. The number of carbonyl (C=O) groups is 2. The van der Waals surface area contributed by atoms with E-state index in [-0.39, 0.29) is 18.0 Å². The number of amides is 2. The van der Waals surface area contributed by atoms with Crippen LogP contribution in [0.5, 0.6) is 0 Å². The van der Waals surface area contributed by atoms with E-state index < -0.39 is 16.9 Å². The minimum atomic E-state index is -0.714. The number of fused-ring (bicyclic) bond motifs is 1. The second kappa shape index (κ2) is 6.60. The summed E-state index contributed by atoms with van der Waals surface area (Å²) in [7, 11) is 0. The lowest BCUT2D eigenvalue weighted by molar-refractivity contribution is -0.384. The van der Waals surface area contributed by atoms with Crippen LogP contribution in [0.1, 0.15) is 12.0 Å². The van der Waals surface area contributed by atoms with E-state index in [4.69, 9.17) is 0 Å². The van der Waals surface area contributed by atoms with Crippen molar-refractivity contribution in [3.8, 4) is 0 Å². The van der Waals surface area contributed by atoms with E-state index in [1.807, 2.05) is 12.1 Å². The van der Waals surface area contributed by atoms with E-state index in [2.05, 4.69) is 16.0 Å². The fraction of sp³-hybridized carbons (Fsp3) is 0.176. The van der Waals surface area contributed by atoms with Crippen LogP contribution in [0, 0.1) is 17.0 Å². The average molecular weight is 340 g/mol. The second-order valence-corrected chi connectivity index (χ2v) is 5.74. The van der Waals surface area contributed by atoms with Crippen LogP contribution in [0.3, 0.4) is 0 Å². The minimum absolute atomic E-state index is 0.0949. The highest BCUT2D eigenvalue weighted by Crippen LogP contribution is 2.27. The summed E-state index contributed by atoms with van der Waals surface area (Å²) in [5.41, 5.74) is 2.36. The molecule has 3 N–H and O–H groups in total. The Hall–Kier alpha value is -3.42. The summed E-state index contributed by atoms with van der Waals surface area (Å²) >= 11 is 0. The molecule has 0 saturated carbocycles. The summed E-state index contributed by atoms with van der Waals surface area (Å²) in [6.45, 7) is 1.74. The number of carbonyl (C=O) groups excluding carboxylic acids is 2. The molecular weight excluding hydrogens is 324 g/mol. The molecule has 0 spiro atoms. The maximum Gasteiger partial charge on any atom is 0.271 e. The van der Waals surface area contributed by atoms with E-state index in [9.17, 15) is 19.7 Å². The van der Waals surface area contributed by atoms with Crippen molar-refractivity contribution in [1.82, 2.24) is 0 Å². The van der Waals surface area contributed by atoms with Gasteiger partial charge in [0, 0.05) is 12.1 Å². The molecule has 3 rings (SSSR count). The van der Waals surface area contributed by atoms with Crippen molar-refractivity contribution in [2.75, 3.05) is 16.0 Å². The van der Waals surface area contributed by atoms with Crippen LogP contribution in [0.25, 0.3) is 0 Å². The van der Waals surface area contributed by atoms with E-state index >= 15 is 0 Å². The van der Waals surface area contributed by atoms with Gasteiger partial charge in [0.25, 0.3) is 5.69 Å². The zero-order valence-electron chi connectivity index (χ0n) is 13.4. The van der Waals surface area contributed by atoms with Crippen molar-refractivity contribution in [1.29, 1.82) is 0 Å². The maximum atomic E-state index is 12.3. The highest BCUT2D eigenvalue weighted by Gasteiger charge is 2.27. The molecule has 1 aliphatic heterocycles. The van der Waals surface area contributed by atoms with Gasteiger partial charge in [-0.2, -0.15) is 0 Å². The number of benzene rings is 2. The van der Waals surface area contributed by atoms with Gasteiger partial charge in [-0.25, -0.2) is 0 Å².